The number of hydrogen-bond donors (Lipinski definition) is 1. The predicted octanol–water partition coefficient (Wildman–Crippen LogP) is 0.423. The lowest BCUT2D eigenvalue weighted by molar-refractivity contribution is -0.154. The minimum Gasteiger partial charge on any atom is -0.460 e. The summed E-state index contributed by atoms with van der Waals surface area (Å²) in [5, 5.41) is 2.43. The summed E-state index contributed by atoms with van der Waals surface area (Å²) in [7, 11) is 0. The average Bonchev–Trinajstić information content (AvgIpc) is 2.16. The third-order valence-electron chi connectivity index (χ3n) is 1.75. The van der Waals surface area contributed by atoms with Crippen molar-refractivity contribution in [2.75, 3.05) is 6.61 Å². The molecular formula is C10H17NO4. The van der Waals surface area contributed by atoms with Crippen molar-refractivity contribution in [3.8, 4) is 0 Å². The van der Waals surface area contributed by atoms with Crippen LogP contribution in [0.4, 0.5) is 0 Å². The van der Waals surface area contributed by atoms with Crippen molar-refractivity contribution in [1.29, 1.82) is 0 Å². The summed E-state index contributed by atoms with van der Waals surface area (Å²) in [6.45, 7) is 4.95. The topological polar surface area (TPSA) is 72.5 Å². The molecule has 5 heteroatoms. The number of amides is 1. The summed E-state index contributed by atoms with van der Waals surface area (Å²) in [6.07, 6.45) is 1.15. The van der Waals surface area contributed by atoms with Gasteiger partial charge in [0.05, 0.1) is 12.6 Å². The molecule has 1 N–H and O–H groups in total. The number of ketones is 1. The van der Waals surface area contributed by atoms with Gasteiger partial charge in [0.1, 0.15) is 0 Å². The van der Waals surface area contributed by atoms with E-state index < -0.39 is 17.8 Å². The highest BCUT2D eigenvalue weighted by molar-refractivity contribution is 6.36. The monoisotopic (exact) mass is 215 g/mol. The molecule has 0 rings (SSSR count). The molecule has 0 aliphatic rings. The quantitative estimate of drug-likeness (QED) is 0.515. The maximum absolute atomic E-state index is 11.5. The van der Waals surface area contributed by atoms with Gasteiger partial charge in [-0.25, -0.2) is 4.79 Å². The summed E-state index contributed by atoms with van der Waals surface area (Å²) in [5.41, 5.74) is 0. The van der Waals surface area contributed by atoms with Crippen LogP contribution in [-0.2, 0) is 19.1 Å². The highest BCUT2D eigenvalue weighted by atomic mass is 16.5. The minimum atomic E-state index is -0.885. The first-order valence-corrected chi connectivity index (χ1v) is 5.00. The first kappa shape index (κ1) is 13.6. The Balaban J connectivity index is 4.40. The molecule has 0 spiro atoms. The summed E-state index contributed by atoms with van der Waals surface area (Å²) in [5.74, 6) is -1.90. The van der Waals surface area contributed by atoms with Crippen LogP contribution < -0.4 is 5.32 Å². The molecule has 1 unspecified atom stereocenters. The van der Waals surface area contributed by atoms with Crippen molar-refractivity contribution >= 4 is 17.7 Å². The summed E-state index contributed by atoms with van der Waals surface area (Å²) in [6, 6.07) is -0.758. The largest absolute Gasteiger partial charge is 0.460 e. The third kappa shape index (κ3) is 5.15. The van der Waals surface area contributed by atoms with Crippen LogP contribution in [0.1, 0.15) is 33.6 Å². The molecule has 0 radical (unpaired) electrons. The number of esters is 1. The highest BCUT2D eigenvalue weighted by Gasteiger charge is 2.26. The number of carbonyl (C=O) groups is 3. The second kappa shape index (κ2) is 6.98. The van der Waals surface area contributed by atoms with E-state index in [0.717, 1.165) is 0 Å². The van der Waals surface area contributed by atoms with E-state index >= 15 is 0 Å². The smallest absolute Gasteiger partial charge is 0.376 e. The van der Waals surface area contributed by atoms with Gasteiger partial charge in [-0.05, 0) is 13.3 Å². The Labute approximate surface area is 89.2 Å². The lowest BCUT2D eigenvalue weighted by Crippen LogP contribution is -2.43. The van der Waals surface area contributed by atoms with Crippen molar-refractivity contribution in [2.45, 2.75) is 39.7 Å². The Kier molecular flexibility index (Phi) is 6.33. The molecule has 0 heterocycles. The molecule has 1 amide bonds. The van der Waals surface area contributed by atoms with Gasteiger partial charge in [0, 0.05) is 6.92 Å². The number of ether oxygens (including phenoxy) is 1. The highest BCUT2D eigenvalue weighted by Crippen LogP contribution is 2.00. The van der Waals surface area contributed by atoms with Gasteiger partial charge in [-0.1, -0.05) is 13.3 Å². The van der Waals surface area contributed by atoms with Crippen LogP contribution in [0.15, 0.2) is 0 Å². The standard InChI is InChI=1S/C10H17NO4/c1-4-6-8(11-7(3)12)9(13)10(14)15-5-2/h8H,4-6H2,1-3H3,(H,11,12). The predicted molar refractivity (Wildman–Crippen MR) is 54.2 cm³/mol. The molecule has 1 atom stereocenters. The fourth-order valence-electron chi connectivity index (χ4n) is 1.15. The first-order valence-electron chi connectivity index (χ1n) is 5.00. The molecule has 5 nitrogen and oxygen atoms in total. The summed E-state index contributed by atoms with van der Waals surface area (Å²) >= 11 is 0. The van der Waals surface area contributed by atoms with Gasteiger partial charge in [0.15, 0.2) is 0 Å². The van der Waals surface area contributed by atoms with Gasteiger partial charge in [-0.2, -0.15) is 0 Å². The minimum absolute atomic E-state index is 0.156. The van der Waals surface area contributed by atoms with Gasteiger partial charge in [-0.3, -0.25) is 9.59 Å². The second-order valence-electron chi connectivity index (χ2n) is 3.13. The molecule has 0 aromatic carbocycles. The van der Waals surface area contributed by atoms with Crippen molar-refractivity contribution in [2.24, 2.45) is 0 Å². The van der Waals surface area contributed by atoms with Gasteiger partial charge in [0.2, 0.25) is 5.91 Å². The van der Waals surface area contributed by atoms with Gasteiger partial charge in [-0.15, -0.1) is 0 Å². The molecule has 0 fully saturated rings. The van der Waals surface area contributed by atoms with Crippen LogP contribution in [0.25, 0.3) is 0 Å². The molecule has 15 heavy (non-hydrogen) atoms. The Morgan fingerprint density at radius 3 is 2.27 bits per heavy atom. The van der Waals surface area contributed by atoms with Crippen LogP contribution in [0, 0.1) is 0 Å². The Bertz CT molecular complexity index is 250. The van der Waals surface area contributed by atoms with E-state index in [4.69, 9.17) is 0 Å². The zero-order valence-electron chi connectivity index (χ0n) is 9.33. The lowest BCUT2D eigenvalue weighted by atomic mass is 10.1. The Morgan fingerprint density at radius 1 is 1.27 bits per heavy atom. The van der Waals surface area contributed by atoms with Crippen molar-refractivity contribution in [3.63, 3.8) is 0 Å². The number of carbonyl (C=O) groups excluding carboxylic acids is 3. The normalized spacial score (nSPS) is 11.7. The van der Waals surface area contributed by atoms with Crippen LogP contribution >= 0.6 is 0 Å². The summed E-state index contributed by atoms with van der Waals surface area (Å²) in [4.78, 5) is 33.4. The van der Waals surface area contributed by atoms with Gasteiger partial charge in [0.25, 0.3) is 5.78 Å². The Hall–Kier alpha value is -1.39. The van der Waals surface area contributed by atoms with Crippen LogP contribution in [0.2, 0.25) is 0 Å². The third-order valence-corrected chi connectivity index (χ3v) is 1.75. The maximum Gasteiger partial charge on any atom is 0.376 e. The van der Waals surface area contributed by atoms with Crippen LogP contribution in [-0.4, -0.2) is 30.3 Å². The molecule has 0 aromatic rings. The van der Waals surface area contributed by atoms with Crippen molar-refractivity contribution in [1.82, 2.24) is 5.32 Å². The zero-order chi connectivity index (χ0) is 11.8. The first-order chi connectivity index (χ1) is 7.02. The molecule has 0 saturated carbocycles. The van der Waals surface area contributed by atoms with E-state index in [0.29, 0.717) is 12.8 Å². The van der Waals surface area contributed by atoms with E-state index in [1.807, 2.05) is 6.92 Å². The van der Waals surface area contributed by atoms with E-state index in [1.54, 1.807) is 6.92 Å². The van der Waals surface area contributed by atoms with E-state index in [-0.39, 0.29) is 12.5 Å². The summed E-state index contributed by atoms with van der Waals surface area (Å²) < 4.78 is 4.57. The van der Waals surface area contributed by atoms with Crippen molar-refractivity contribution in [3.05, 3.63) is 0 Å². The number of rotatable bonds is 6. The molecule has 0 bridgehead atoms. The SMILES string of the molecule is CCCC(NC(C)=O)C(=O)C(=O)OCC. The fraction of sp³-hybridized carbons (Fsp3) is 0.700. The molecule has 86 valence electrons. The number of hydrogen-bond acceptors (Lipinski definition) is 4. The molecule has 0 aromatic heterocycles. The van der Waals surface area contributed by atoms with Gasteiger partial charge < -0.3 is 10.1 Å². The number of nitrogens with one attached hydrogen (secondary N) is 1. The van der Waals surface area contributed by atoms with Gasteiger partial charge >= 0.3 is 5.97 Å². The molecule has 0 aliphatic heterocycles. The van der Waals surface area contributed by atoms with E-state index in [2.05, 4.69) is 10.1 Å². The van der Waals surface area contributed by atoms with Crippen LogP contribution in [0.3, 0.4) is 0 Å². The average molecular weight is 215 g/mol. The number of Topliss-reactive ketones (excluding diaryl/α,β-unsaturated/α-hetero) is 1. The van der Waals surface area contributed by atoms with Crippen molar-refractivity contribution < 1.29 is 19.1 Å². The molecular weight excluding hydrogens is 198 g/mol. The molecule has 0 saturated heterocycles. The second-order valence-corrected chi connectivity index (χ2v) is 3.13. The lowest BCUT2D eigenvalue weighted by Gasteiger charge is -2.14. The van der Waals surface area contributed by atoms with E-state index in [9.17, 15) is 14.4 Å². The van der Waals surface area contributed by atoms with E-state index in [1.165, 1.54) is 6.92 Å². The Morgan fingerprint density at radius 2 is 1.87 bits per heavy atom. The van der Waals surface area contributed by atoms with Crippen LogP contribution in [0.5, 0.6) is 0 Å². The maximum atomic E-state index is 11.5. The fourth-order valence-corrected chi connectivity index (χ4v) is 1.15. The molecule has 0 aliphatic carbocycles. The zero-order valence-corrected chi connectivity index (χ0v) is 9.33.